The summed E-state index contributed by atoms with van der Waals surface area (Å²) in [6.07, 6.45) is 1.91. The Balaban J connectivity index is 1.84. The molecule has 0 amide bonds. The first-order valence-corrected chi connectivity index (χ1v) is 7.43. The van der Waals surface area contributed by atoms with Gasteiger partial charge >= 0.3 is 0 Å². The van der Waals surface area contributed by atoms with Crippen LogP contribution < -0.4 is 14.8 Å². The van der Waals surface area contributed by atoms with Gasteiger partial charge in [-0.15, -0.1) is 11.3 Å². The number of hydrogen-bond acceptors (Lipinski definition) is 5. The number of thiazole rings is 1. The second kappa shape index (κ2) is 7.26. The number of ether oxygens (including phenoxy) is 2. The van der Waals surface area contributed by atoms with Gasteiger partial charge < -0.3 is 14.8 Å². The zero-order valence-corrected chi connectivity index (χ0v) is 12.9. The molecule has 4 nitrogen and oxygen atoms in total. The molecule has 0 aliphatic heterocycles. The molecule has 5 heteroatoms. The average molecular weight is 292 g/mol. The highest BCUT2D eigenvalue weighted by Gasteiger charge is 2.04. The van der Waals surface area contributed by atoms with Crippen LogP contribution in [0, 0.1) is 0 Å². The maximum atomic E-state index is 5.70. The van der Waals surface area contributed by atoms with Crippen molar-refractivity contribution in [2.45, 2.75) is 33.0 Å². The van der Waals surface area contributed by atoms with E-state index >= 15 is 0 Å². The topological polar surface area (TPSA) is 43.4 Å². The van der Waals surface area contributed by atoms with E-state index in [2.05, 4.69) is 24.1 Å². The van der Waals surface area contributed by atoms with Gasteiger partial charge in [0.05, 0.1) is 7.11 Å². The van der Waals surface area contributed by atoms with E-state index in [0.717, 1.165) is 23.1 Å². The van der Waals surface area contributed by atoms with Gasteiger partial charge in [0.15, 0.2) is 0 Å². The molecule has 108 valence electrons. The van der Waals surface area contributed by atoms with E-state index in [-0.39, 0.29) is 0 Å². The number of rotatable bonds is 7. The number of hydrogen-bond donors (Lipinski definition) is 1. The van der Waals surface area contributed by atoms with Gasteiger partial charge in [-0.2, -0.15) is 0 Å². The molecule has 20 heavy (non-hydrogen) atoms. The minimum absolute atomic E-state index is 0.482. The Morgan fingerprint density at radius 1 is 1.20 bits per heavy atom. The highest BCUT2D eigenvalue weighted by molar-refractivity contribution is 7.11. The normalized spacial score (nSPS) is 10.8. The summed E-state index contributed by atoms with van der Waals surface area (Å²) in [6.45, 7) is 5.63. The number of aromatic nitrogens is 1. The Bertz CT molecular complexity index is 523. The third kappa shape index (κ3) is 4.51. The fourth-order valence-corrected chi connectivity index (χ4v) is 2.41. The van der Waals surface area contributed by atoms with Crippen molar-refractivity contribution in [2.24, 2.45) is 0 Å². The second-order valence-corrected chi connectivity index (χ2v) is 5.92. The second-order valence-electron chi connectivity index (χ2n) is 4.72. The summed E-state index contributed by atoms with van der Waals surface area (Å²) in [5, 5.41) is 4.36. The zero-order valence-electron chi connectivity index (χ0n) is 12.1. The molecule has 0 bridgehead atoms. The van der Waals surface area contributed by atoms with Crippen molar-refractivity contribution in [3.05, 3.63) is 40.3 Å². The minimum Gasteiger partial charge on any atom is -0.497 e. The average Bonchev–Trinajstić information content (AvgIpc) is 2.91. The molecule has 0 aliphatic carbocycles. The van der Waals surface area contributed by atoms with Crippen LogP contribution in [0.3, 0.4) is 0 Å². The van der Waals surface area contributed by atoms with Crippen molar-refractivity contribution in [1.29, 1.82) is 0 Å². The first-order chi connectivity index (χ1) is 9.67. The maximum absolute atomic E-state index is 5.70. The molecule has 1 aromatic heterocycles. The molecule has 0 fully saturated rings. The lowest BCUT2D eigenvalue weighted by Crippen LogP contribution is -2.21. The van der Waals surface area contributed by atoms with E-state index < -0.39 is 0 Å². The quantitative estimate of drug-likeness (QED) is 0.851. The van der Waals surface area contributed by atoms with Crippen LogP contribution in [0.1, 0.15) is 23.7 Å². The molecule has 1 aromatic carbocycles. The summed E-state index contributed by atoms with van der Waals surface area (Å²) in [7, 11) is 1.65. The van der Waals surface area contributed by atoms with Crippen LogP contribution in [-0.4, -0.2) is 18.1 Å². The molecule has 1 heterocycles. The molecule has 0 radical (unpaired) electrons. The van der Waals surface area contributed by atoms with Crippen molar-refractivity contribution < 1.29 is 9.47 Å². The van der Waals surface area contributed by atoms with Crippen LogP contribution in [0.4, 0.5) is 0 Å². The van der Waals surface area contributed by atoms with Crippen LogP contribution in [0.25, 0.3) is 0 Å². The lowest BCUT2D eigenvalue weighted by molar-refractivity contribution is 0.305. The standard InChI is InChI=1S/C15H20N2O2S/c1-11(2)16-8-14-9-17-15(20-14)10-19-13-6-4-12(18-3)5-7-13/h4-7,9,11,16H,8,10H2,1-3H3. The Morgan fingerprint density at radius 2 is 1.90 bits per heavy atom. The maximum Gasteiger partial charge on any atom is 0.140 e. The smallest absolute Gasteiger partial charge is 0.140 e. The Hall–Kier alpha value is -1.59. The molecule has 0 aliphatic rings. The van der Waals surface area contributed by atoms with E-state index in [0.29, 0.717) is 12.6 Å². The van der Waals surface area contributed by atoms with Gasteiger partial charge in [0, 0.05) is 23.7 Å². The lowest BCUT2D eigenvalue weighted by Gasteiger charge is -2.05. The Morgan fingerprint density at radius 3 is 2.55 bits per heavy atom. The van der Waals surface area contributed by atoms with Crippen molar-refractivity contribution in [2.75, 3.05) is 7.11 Å². The van der Waals surface area contributed by atoms with E-state index in [1.54, 1.807) is 18.4 Å². The molecular formula is C15H20N2O2S. The third-order valence-corrected chi connectivity index (χ3v) is 3.68. The summed E-state index contributed by atoms with van der Waals surface area (Å²) in [4.78, 5) is 5.60. The fourth-order valence-electron chi connectivity index (χ4n) is 1.62. The van der Waals surface area contributed by atoms with Gasteiger partial charge in [-0.25, -0.2) is 4.98 Å². The van der Waals surface area contributed by atoms with Gasteiger partial charge in [0.25, 0.3) is 0 Å². The highest BCUT2D eigenvalue weighted by atomic mass is 32.1. The van der Waals surface area contributed by atoms with E-state index in [9.17, 15) is 0 Å². The molecule has 2 aromatic rings. The Labute approximate surface area is 123 Å². The van der Waals surface area contributed by atoms with Gasteiger partial charge in [0.2, 0.25) is 0 Å². The van der Waals surface area contributed by atoms with Crippen LogP contribution in [0.5, 0.6) is 11.5 Å². The molecule has 0 spiro atoms. The first kappa shape index (κ1) is 14.8. The van der Waals surface area contributed by atoms with Crippen molar-refractivity contribution in [1.82, 2.24) is 10.3 Å². The van der Waals surface area contributed by atoms with Gasteiger partial charge in [-0.05, 0) is 24.3 Å². The SMILES string of the molecule is COc1ccc(OCc2ncc(CNC(C)C)s2)cc1. The van der Waals surface area contributed by atoms with Crippen LogP contribution in [0.2, 0.25) is 0 Å². The minimum atomic E-state index is 0.482. The first-order valence-electron chi connectivity index (χ1n) is 6.61. The summed E-state index contributed by atoms with van der Waals surface area (Å²) in [5.41, 5.74) is 0. The van der Waals surface area contributed by atoms with Crippen LogP contribution in [0.15, 0.2) is 30.5 Å². The monoisotopic (exact) mass is 292 g/mol. The Kier molecular flexibility index (Phi) is 5.38. The molecule has 0 atom stereocenters. The molecule has 1 N–H and O–H groups in total. The molecule has 0 saturated carbocycles. The predicted molar refractivity (Wildman–Crippen MR) is 81.4 cm³/mol. The zero-order chi connectivity index (χ0) is 14.4. The summed E-state index contributed by atoms with van der Waals surface area (Å²) in [5.74, 6) is 1.65. The molecule has 0 saturated heterocycles. The fraction of sp³-hybridized carbons (Fsp3) is 0.400. The number of methoxy groups -OCH3 is 1. The molecule has 2 rings (SSSR count). The van der Waals surface area contributed by atoms with E-state index in [1.165, 1.54) is 4.88 Å². The van der Waals surface area contributed by atoms with Gasteiger partial charge in [-0.3, -0.25) is 0 Å². The largest absolute Gasteiger partial charge is 0.497 e. The number of nitrogens with one attached hydrogen (secondary N) is 1. The highest BCUT2D eigenvalue weighted by Crippen LogP contribution is 2.19. The van der Waals surface area contributed by atoms with Gasteiger partial charge in [0.1, 0.15) is 23.1 Å². The van der Waals surface area contributed by atoms with Crippen molar-refractivity contribution in [3.8, 4) is 11.5 Å². The van der Waals surface area contributed by atoms with Crippen molar-refractivity contribution >= 4 is 11.3 Å². The predicted octanol–water partition coefficient (Wildman–Crippen LogP) is 3.23. The number of nitrogens with zero attached hydrogens (tertiary/aromatic N) is 1. The van der Waals surface area contributed by atoms with E-state index in [1.807, 2.05) is 30.5 Å². The molecular weight excluding hydrogens is 272 g/mol. The van der Waals surface area contributed by atoms with Gasteiger partial charge in [-0.1, -0.05) is 13.8 Å². The van der Waals surface area contributed by atoms with Crippen molar-refractivity contribution in [3.63, 3.8) is 0 Å². The third-order valence-electron chi connectivity index (χ3n) is 2.71. The summed E-state index contributed by atoms with van der Waals surface area (Å²) >= 11 is 1.68. The van der Waals surface area contributed by atoms with Crippen LogP contribution >= 0.6 is 11.3 Å². The molecule has 0 unspecified atom stereocenters. The van der Waals surface area contributed by atoms with Crippen LogP contribution in [-0.2, 0) is 13.2 Å². The summed E-state index contributed by atoms with van der Waals surface area (Å²) < 4.78 is 10.8. The van der Waals surface area contributed by atoms with E-state index in [4.69, 9.17) is 9.47 Å². The number of benzene rings is 1. The lowest BCUT2D eigenvalue weighted by atomic mass is 10.3. The summed E-state index contributed by atoms with van der Waals surface area (Å²) in [6, 6.07) is 8.04.